The minimum atomic E-state index is -4.86. The van der Waals surface area contributed by atoms with Crippen molar-refractivity contribution < 1.29 is 25.8 Å². The van der Waals surface area contributed by atoms with Gasteiger partial charge in [0, 0.05) is 5.69 Å². The summed E-state index contributed by atoms with van der Waals surface area (Å²) in [4.78, 5) is 0. The topological polar surface area (TPSA) is 77.2 Å². The Hall–Kier alpha value is -0.918. The first-order valence-electron chi connectivity index (χ1n) is 3.04. The molecule has 0 bridgehead atoms. The molecule has 12 heavy (non-hydrogen) atoms. The summed E-state index contributed by atoms with van der Waals surface area (Å²) in [7, 11) is 0. The SMILES string of the molecule is Nc1ccccc1.[CH3][Re](=[O])(=[O])=[O]. The van der Waals surface area contributed by atoms with Gasteiger partial charge in [-0.25, -0.2) is 0 Å². The molecule has 1 aromatic carbocycles. The molecule has 0 aliphatic carbocycles. The van der Waals surface area contributed by atoms with Gasteiger partial charge in [0.25, 0.3) is 0 Å². The molecule has 0 amide bonds. The Balaban J connectivity index is 0.000000217. The zero-order valence-corrected chi connectivity index (χ0v) is 9.28. The van der Waals surface area contributed by atoms with E-state index in [1.165, 1.54) is 0 Å². The molecular weight excluding hydrogens is 332 g/mol. The molecule has 0 aliphatic rings. The first-order chi connectivity index (χ1) is 5.39. The van der Waals surface area contributed by atoms with Crippen LogP contribution in [0.15, 0.2) is 30.3 Å². The van der Waals surface area contributed by atoms with Crippen molar-refractivity contribution in [2.24, 2.45) is 0 Å². The maximum absolute atomic E-state index is 9.19. The molecule has 0 fully saturated rings. The summed E-state index contributed by atoms with van der Waals surface area (Å²) in [6, 6.07) is 9.49. The van der Waals surface area contributed by atoms with Crippen molar-refractivity contribution in [3.63, 3.8) is 0 Å². The zero-order valence-electron chi connectivity index (χ0n) is 6.57. The molecule has 4 nitrogen and oxygen atoms in total. The molecule has 0 saturated carbocycles. The van der Waals surface area contributed by atoms with Crippen LogP contribution in [0.3, 0.4) is 0 Å². The van der Waals surface area contributed by atoms with Crippen molar-refractivity contribution in [2.45, 2.75) is 5.40 Å². The van der Waals surface area contributed by atoms with Crippen molar-refractivity contribution in [3.8, 4) is 0 Å². The van der Waals surface area contributed by atoms with Gasteiger partial charge in [0.1, 0.15) is 0 Å². The second-order valence-corrected chi connectivity index (χ2v) is 6.75. The molecule has 68 valence electrons. The predicted molar refractivity (Wildman–Crippen MR) is 38.8 cm³/mol. The Morgan fingerprint density at radius 2 is 1.42 bits per heavy atom. The third-order valence-corrected chi connectivity index (χ3v) is 0.800. The van der Waals surface area contributed by atoms with E-state index < -0.39 is 15.4 Å². The van der Waals surface area contributed by atoms with E-state index in [9.17, 15) is 10.4 Å². The maximum atomic E-state index is 9.19. The average molecular weight is 342 g/mol. The number of nitrogen functional groups attached to an aromatic ring is 1. The first kappa shape index (κ1) is 11.1. The fourth-order valence-electron chi connectivity index (χ4n) is 0.453. The molecule has 0 aliphatic heterocycles. The zero-order chi connectivity index (χ0) is 9.61. The minimum absolute atomic E-state index is 0.722. The van der Waals surface area contributed by atoms with Crippen LogP contribution in [0.4, 0.5) is 5.69 Å². The molecule has 0 radical (unpaired) electrons. The van der Waals surface area contributed by atoms with Crippen molar-refractivity contribution >= 4 is 5.69 Å². The number of anilines is 1. The van der Waals surface area contributed by atoms with Crippen LogP contribution in [-0.4, -0.2) is 0 Å². The molecule has 5 heteroatoms. The van der Waals surface area contributed by atoms with Gasteiger partial charge in [0.2, 0.25) is 0 Å². The van der Waals surface area contributed by atoms with Gasteiger partial charge in [-0.15, -0.1) is 0 Å². The summed E-state index contributed by atoms with van der Waals surface area (Å²) in [5.74, 6) is 0. The van der Waals surface area contributed by atoms with E-state index in [-0.39, 0.29) is 0 Å². The molecule has 1 rings (SSSR count). The van der Waals surface area contributed by atoms with E-state index in [1.54, 1.807) is 0 Å². The molecule has 2 N–H and O–H groups in total. The average Bonchev–Trinajstić information content (AvgIpc) is 1.85. The van der Waals surface area contributed by atoms with E-state index in [4.69, 9.17) is 5.73 Å². The monoisotopic (exact) mass is 343 g/mol. The summed E-state index contributed by atoms with van der Waals surface area (Å²) in [5.41, 5.74) is 6.18. The number of nitrogens with two attached hydrogens (primary N) is 1. The number of hydrogen-bond acceptors (Lipinski definition) is 4. The Bertz CT molecular complexity index is 349. The number of rotatable bonds is 0. The number of benzene rings is 1. The predicted octanol–water partition coefficient (Wildman–Crippen LogP) is 1.49. The fourth-order valence-corrected chi connectivity index (χ4v) is 0.453. The Morgan fingerprint density at radius 3 is 1.58 bits per heavy atom. The Morgan fingerprint density at radius 1 is 1.08 bits per heavy atom. The van der Waals surface area contributed by atoms with Gasteiger partial charge in [-0.05, 0) is 12.1 Å². The summed E-state index contributed by atoms with van der Waals surface area (Å²) in [5, 5.41) is 0.722. The van der Waals surface area contributed by atoms with Crippen LogP contribution in [0.1, 0.15) is 0 Å². The van der Waals surface area contributed by atoms with Crippen LogP contribution in [0.2, 0.25) is 5.40 Å². The van der Waals surface area contributed by atoms with Crippen LogP contribution < -0.4 is 5.73 Å². The molecule has 0 unspecified atom stereocenters. The van der Waals surface area contributed by atoms with Crippen molar-refractivity contribution in [2.75, 3.05) is 5.73 Å². The number of hydrogen-bond donors (Lipinski definition) is 1. The van der Waals surface area contributed by atoms with E-state index >= 15 is 0 Å². The van der Waals surface area contributed by atoms with Crippen LogP contribution in [0, 0.1) is 0 Å². The van der Waals surface area contributed by atoms with E-state index in [0.29, 0.717) is 0 Å². The van der Waals surface area contributed by atoms with Gasteiger partial charge in [-0.2, -0.15) is 0 Å². The van der Waals surface area contributed by atoms with E-state index in [0.717, 1.165) is 11.1 Å². The Kier molecular flexibility index (Phi) is 4.49. The number of para-hydroxylation sites is 1. The third-order valence-electron chi connectivity index (χ3n) is 0.800. The molecule has 0 spiro atoms. The standard InChI is InChI=1S/C6H7N.CH3.3O.Re/c7-6-4-2-1-3-5-6;;;;;/h1-5H,7H2;1H3;;;;. The first-order valence-corrected chi connectivity index (χ1v) is 9.08. The molecule has 0 aromatic heterocycles. The summed E-state index contributed by atoms with van der Waals surface area (Å²) >= 11 is -4.86. The molecule has 1 aromatic rings. The van der Waals surface area contributed by atoms with E-state index in [2.05, 4.69) is 0 Å². The van der Waals surface area contributed by atoms with Crippen LogP contribution in [-0.2, 0) is 25.8 Å². The van der Waals surface area contributed by atoms with Gasteiger partial charge in [0.15, 0.2) is 0 Å². The third kappa shape index (κ3) is 11.8. The second kappa shape index (κ2) is 4.86. The second-order valence-electron chi connectivity index (χ2n) is 2.06. The molecule has 0 heterocycles. The fraction of sp³-hybridized carbons (Fsp3) is 0.143. The van der Waals surface area contributed by atoms with Crippen LogP contribution >= 0.6 is 0 Å². The Labute approximate surface area is 73.3 Å². The van der Waals surface area contributed by atoms with Gasteiger partial charge in [0.05, 0.1) is 0 Å². The van der Waals surface area contributed by atoms with Crippen LogP contribution in [0.5, 0.6) is 0 Å². The van der Waals surface area contributed by atoms with Gasteiger partial charge >= 0.3 is 31.2 Å². The van der Waals surface area contributed by atoms with Crippen LogP contribution in [0.25, 0.3) is 0 Å². The molecular formula is C7H10NO3Re. The van der Waals surface area contributed by atoms with Gasteiger partial charge in [-0.1, -0.05) is 18.2 Å². The normalized spacial score (nSPS) is 9.75. The van der Waals surface area contributed by atoms with Crippen molar-refractivity contribution in [1.29, 1.82) is 0 Å². The quantitative estimate of drug-likeness (QED) is 0.725. The van der Waals surface area contributed by atoms with Gasteiger partial charge < -0.3 is 5.73 Å². The van der Waals surface area contributed by atoms with E-state index in [1.807, 2.05) is 30.3 Å². The van der Waals surface area contributed by atoms with Gasteiger partial charge in [-0.3, -0.25) is 0 Å². The summed E-state index contributed by atoms with van der Waals surface area (Å²) < 4.78 is 27.6. The molecule has 0 atom stereocenters. The van der Waals surface area contributed by atoms with Crippen molar-refractivity contribution in [1.82, 2.24) is 0 Å². The summed E-state index contributed by atoms with van der Waals surface area (Å²) in [6.07, 6.45) is 0. The molecule has 0 saturated heterocycles. The van der Waals surface area contributed by atoms with Crippen molar-refractivity contribution in [3.05, 3.63) is 30.3 Å². The summed E-state index contributed by atoms with van der Waals surface area (Å²) in [6.45, 7) is 0.